The van der Waals surface area contributed by atoms with E-state index in [-0.39, 0.29) is 30.6 Å². The molecule has 0 fully saturated rings. The van der Waals surface area contributed by atoms with E-state index in [4.69, 9.17) is 9.26 Å². The second kappa shape index (κ2) is 8.46. The highest BCUT2D eigenvalue weighted by atomic mass is 16.5. The van der Waals surface area contributed by atoms with Gasteiger partial charge in [0.25, 0.3) is 0 Å². The number of hydrogen-bond acceptors (Lipinski definition) is 5. The van der Waals surface area contributed by atoms with Crippen molar-refractivity contribution in [1.29, 1.82) is 0 Å². The molecule has 0 unspecified atom stereocenters. The first kappa shape index (κ1) is 18.7. The van der Waals surface area contributed by atoms with Gasteiger partial charge in [0.2, 0.25) is 5.91 Å². The predicted octanol–water partition coefficient (Wildman–Crippen LogP) is 3.56. The Kier molecular flexibility index (Phi) is 6.33. The normalized spacial score (nSPS) is 11.8. The van der Waals surface area contributed by atoms with Crippen LogP contribution in [0.15, 0.2) is 35.1 Å². The van der Waals surface area contributed by atoms with Gasteiger partial charge < -0.3 is 14.2 Å². The summed E-state index contributed by atoms with van der Waals surface area (Å²) in [5, 5.41) is 3.85. The topological polar surface area (TPSA) is 72.6 Å². The predicted molar refractivity (Wildman–Crippen MR) is 93.6 cm³/mol. The molecule has 2 aromatic rings. The fourth-order valence-corrected chi connectivity index (χ4v) is 2.53. The zero-order valence-corrected chi connectivity index (χ0v) is 15.1. The highest BCUT2D eigenvalue weighted by molar-refractivity contribution is 5.98. The number of nitrogens with zero attached hydrogens (tertiary/aromatic N) is 2. The second-order valence-corrected chi connectivity index (χ2v) is 5.94. The van der Waals surface area contributed by atoms with Crippen molar-refractivity contribution in [2.75, 3.05) is 13.7 Å². The van der Waals surface area contributed by atoms with Crippen LogP contribution >= 0.6 is 0 Å². The average Bonchev–Trinajstić information content (AvgIpc) is 3.14. The van der Waals surface area contributed by atoms with Gasteiger partial charge in [-0.25, -0.2) is 0 Å². The molecule has 1 aromatic heterocycles. The van der Waals surface area contributed by atoms with E-state index in [0.29, 0.717) is 17.9 Å². The molecule has 0 aliphatic carbocycles. The van der Waals surface area contributed by atoms with Gasteiger partial charge in [0.15, 0.2) is 5.78 Å². The van der Waals surface area contributed by atoms with E-state index >= 15 is 0 Å². The molecule has 6 heteroatoms. The summed E-state index contributed by atoms with van der Waals surface area (Å²) in [6.07, 6.45) is 1.80. The maximum atomic E-state index is 12.4. The minimum Gasteiger partial charge on any atom is -0.494 e. The molecule has 1 aromatic carbocycles. The lowest BCUT2D eigenvalue weighted by molar-refractivity contribution is -0.131. The third kappa shape index (κ3) is 4.68. The van der Waals surface area contributed by atoms with Crippen molar-refractivity contribution in [2.24, 2.45) is 0 Å². The Balaban J connectivity index is 1.92. The van der Waals surface area contributed by atoms with Gasteiger partial charge in [0.05, 0.1) is 12.6 Å². The molecular weight excluding hydrogens is 320 g/mol. The van der Waals surface area contributed by atoms with Gasteiger partial charge in [0, 0.05) is 31.5 Å². The van der Waals surface area contributed by atoms with E-state index in [9.17, 15) is 9.59 Å². The monoisotopic (exact) mass is 344 g/mol. The summed E-state index contributed by atoms with van der Waals surface area (Å²) in [7, 11) is 1.70. The van der Waals surface area contributed by atoms with Gasteiger partial charge in [-0.05, 0) is 44.5 Å². The van der Waals surface area contributed by atoms with E-state index in [1.807, 2.05) is 20.8 Å². The number of ketones is 1. The molecule has 0 radical (unpaired) electrons. The molecule has 1 heterocycles. The molecule has 0 N–H and O–H groups in total. The summed E-state index contributed by atoms with van der Waals surface area (Å²) in [6, 6.07) is 6.87. The van der Waals surface area contributed by atoms with Crippen molar-refractivity contribution in [2.45, 2.75) is 39.7 Å². The van der Waals surface area contributed by atoms with Crippen molar-refractivity contribution < 1.29 is 18.8 Å². The Morgan fingerprint density at radius 3 is 2.64 bits per heavy atom. The van der Waals surface area contributed by atoms with E-state index in [2.05, 4.69) is 5.16 Å². The minimum atomic E-state index is -0.200. The lowest BCUT2D eigenvalue weighted by Crippen LogP contribution is -2.30. The number of hydrogen-bond donors (Lipinski definition) is 0. The van der Waals surface area contributed by atoms with E-state index in [0.717, 1.165) is 11.3 Å². The number of Topliss-reactive ketones (excluding diaryl/α,β-unsaturated/α-hetero) is 1. The molecule has 0 bridgehead atoms. The van der Waals surface area contributed by atoms with Gasteiger partial charge in [-0.15, -0.1) is 0 Å². The summed E-state index contributed by atoms with van der Waals surface area (Å²) >= 11 is 0. The summed E-state index contributed by atoms with van der Waals surface area (Å²) < 4.78 is 10.3. The van der Waals surface area contributed by atoms with Crippen LogP contribution in [0.5, 0.6) is 5.75 Å². The number of aromatic nitrogens is 1. The summed E-state index contributed by atoms with van der Waals surface area (Å²) in [6.45, 7) is 6.27. The lowest BCUT2D eigenvalue weighted by atomic mass is 10.0. The lowest BCUT2D eigenvalue weighted by Gasteiger charge is -2.23. The van der Waals surface area contributed by atoms with Crippen molar-refractivity contribution in [3.05, 3.63) is 47.3 Å². The number of rotatable bonds is 8. The molecule has 0 saturated heterocycles. The van der Waals surface area contributed by atoms with Gasteiger partial charge in [-0.3, -0.25) is 9.59 Å². The molecule has 1 amide bonds. The first-order chi connectivity index (χ1) is 11.9. The molecule has 25 heavy (non-hydrogen) atoms. The molecule has 0 spiro atoms. The van der Waals surface area contributed by atoms with Crippen LogP contribution in [0.4, 0.5) is 0 Å². The van der Waals surface area contributed by atoms with Gasteiger partial charge in [-0.1, -0.05) is 5.16 Å². The van der Waals surface area contributed by atoms with E-state index < -0.39 is 0 Å². The molecule has 0 saturated carbocycles. The van der Waals surface area contributed by atoms with Gasteiger partial charge >= 0.3 is 0 Å². The first-order valence-corrected chi connectivity index (χ1v) is 8.36. The van der Waals surface area contributed by atoms with Crippen LogP contribution in [0.25, 0.3) is 0 Å². The second-order valence-electron chi connectivity index (χ2n) is 5.94. The summed E-state index contributed by atoms with van der Waals surface area (Å²) in [4.78, 5) is 26.2. The highest BCUT2D eigenvalue weighted by Gasteiger charge is 2.20. The van der Waals surface area contributed by atoms with Crippen LogP contribution in [0.2, 0.25) is 0 Å². The molecule has 1 atom stereocenters. The Morgan fingerprint density at radius 1 is 1.28 bits per heavy atom. The van der Waals surface area contributed by atoms with Crippen LogP contribution in [-0.4, -0.2) is 35.4 Å². The van der Waals surface area contributed by atoms with Crippen molar-refractivity contribution in [3.8, 4) is 5.75 Å². The van der Waals surface area contributed by atoms with Crippen LogP contribution < -0.4 is 4.74 Å². The summed E-state index contributed by atoms with van der Waals surface area (Å²) in [5.74, 6) is 0.616. The minimum absolute atomic E-state index is 0.0537. The van der Waals surface area contributed by atoms with Crippen molar-refractivity contribution in [3.63, 3.8) is 0 Å². The molecule has 134 valence electrons. The molecule has 2 rings (SSSR count). The van der Waals surface area contributed by atoms with Crippen molar-refractivity contribution in [1.82, 2.24) is 10.1 Å². The number of aryl methyl sites for hydroxylation is 1. The van der Waals surface area contributed by atoms with Crippen LogP contribution in [0.1, 0.15) is 54.3 Å². The Hall–Kier alpha value is -2.63. The number of amides is 1. The average molecular weight is 344 g/mol. The van der Waals surface area contributed by atoms with Crippen LogP contribution in [0.3, 0.4) is 0 Å². The van der Waals surface area contributed by atoms with Gasteiger partial charge in [0.1, 0.15) is 17.7 Å². The number of carbonyl (C=O) groups excluding carboxylic acids is 2. The van der Waals surface area contributed by atoms with Crippen LogP contribution in [-0.2, 0) is 4.79 Å². The molecule has 6 nitrogen and oxygen atoms in total. The third-order valence-corrected chi connectivity index (χ3v) is 4.22. The Labute approximate surface area is 147 Å². The quantitative estimate of drug-likeness (QED) is 0.685. The number of carbonyl (C=O) groups is 2. The number of ether oxygens (including phenoxy) is 1. The van der Waals surface area contributed by atoms with Crippen molar-refractivity contribution >= 4 is 11.7 Å². The van der Waals surface area contributed by atoms with E-state index in [1.54, 1.807) is 36.2 Å². The summed E-state index contributed by atoms with van der Waals surface area (Å²) in [5.41, 5.74) is 2.20. The maximum Gasteiger partial charge on any atom is 0.223 e. The van der Waals surface area contributed by atoms with Gasteiger partial charge in [-0.2, -0.15) is 0 Å². The first-order valence-electron chi connectivity index (χ1n) is 8.36. The zero-order chi connectivity index (χ0) is 18.4. The zero-order valence-electron chi connectivity index (χ0n) is 15.1. The smallest absolute Gasteiger partial charge is 0.223 e. The van der Waals surface area contributed by atoms with E-state index in [1.165, 1.54) is 6.26 Å². The molecular formula is C19H24N2O4. The molecule has 0 aliphatic rings. The highest BCUT2D eigenvalue weighted by Crippen LogP contribution is 2.21. The fourth-order valence-electron chi connectivity index (χ4n) is 2.53. The number of benzene rings is 1. The molecule has 0 aliphatic heterocycles. The largest absolute Gasteiger partial charge is 0.494 e. The maximum absolute atomic E-state index is 12.4. The third-order valence-electron chi connectivity index (χ3n) is 4.22. The van der Waals surface area contributed by atoms with Crippen LogP contribution in [0, 0.1) is 6.92 Å². The standard InChI is InChI=1S/C19H24N2O4/c1-5-24-18-8-6-15(12-13(18)2)17(22)7-9-19(23)21(4)14(3)16-10-11-25-20-16/h6,8,10-12,14H,5,7,9H2,1-4H3/t14-/m1/s1. The fraction of sp³-hybridized carbons (Fsp3) is 0.421. The SMILES string of the molecule is CCOc1ccc(C(=O)CCC(=O)N(C)[C@H](C)c2ccon2)cc1C. The Bertz CT molecular complexity index is 725. The Morgan fingerprint density at radius 2 is 2.04 bits per heavy atom.